The molecular formula is C20H24N4O6S. The largest absolute Gasteiger partial charge is 0.471 e. The van der Waals surface area contributed by atoms with Crippen LogP contribution in [-0.2, 0) is 10.0 Å². The number of ether oxygens (including phenoxy) is 1. The second-order valence-corrected chi connectivity index (χ2v) is 9.83. The molecule has 0 saturated heterocycles. The normalized spacial score (nSPS) is 22.2. The molecule has 10 nitrogen and oxygen atoms in total. The van der Waals surface area contributed by atoms with E-state index in [0.717, 1.165) is 31.9 Å². The molecule has 1 amide bonds. The Morgan fingerprint density at radius 2 is 2.06 bits per heavy atom. The Morgan fingerprint density at radius 1 is 1.26 bits per heavy atom. The van der Waals surface area contributed by atoms with E-state index in [9.17, 15) is 22.8 Å². The summed E-state index contributed by atoms with van der Waals surface area (Å²) in [6, 6.07) is 6.21. The van der Waals surface area contributed by atoms with Crippen LogP contribution in [0.4, 0.5) is 5.69 Å². The third-order valence-electron chi connectivity index (χ3n) is 5.84. The molecule has 0 bridgehead atoms. The van der Waals surface area contributed by atoms with Crippen molar-refractivity contribution >= 4 is 21.6 Å². The SMILES string of the molecule is CS(=O)(=O)Nc1cccc(C(=O)NCC[C@@]23CCCC[C@@H]2c2c([nH]c(=O)[nH]c2=O)O3)c1. The van der Waals surface area contributed by atoms with Gasteiger partial charge in [-0.3, -0.25) is 24.3 Å². The lowest BCUT2D eigenvalue weighted by Gasteiger charge is -2.38. The number of fused-ring (bicyclic) bond motifs is 3. The smallest absolute Gasteiger partial charge is 0.328 e. The molecule has 1 aliphatic carbocycles. The molecule has 2 aliphatic rings. The van der Waals surface area contributed by atoms with Crippen LogP contribution in [0.2, 0.25) is 0 Å². The summed E-state index contributed by atoms with van der Waals surface area (Å²) in [7, 11) is -3.45. The molecule has 0 spiro atoms. The fourth-order valence-corrected chi connectivity index (χ4v) is 5.15. The molecule has 0 radical (unpaired) electrons. The quantitative estimate of drug-likeness (QED) is 0.519. The zero-order chi connectivity index (χ0) is 22.2. The lowest BCUT2D eigenvalue weighted by atomic mass is 9.72. The minimum atomic E-state index is -3.45. The Bertz CT molecular complexity index is 1230. The molecule has 1 saturated carbocycles. The Labute approximate surface area is 178 Å². The first kappa shape index (κ1) is 21.2. The van der Waals surface area contributed by atoms with Gasteiger partial charge >= 0.3 is 5.69 Å². The van der Waals surface area contributed by atoms with Crippen molar-refractivity contribution in [3.05, 3.63) is 56.2 Å². The molecule has 1 aliphatic heterocycles. The van der Waals surface area contributed by atoms with Crippen molar-refractivity contribution in [3.63, 3.8) is 0 Å². The highest BCUT2D eigenvalue weighted by molar-refractivity contribution is 7.92. The Morgan fingerprint density at radius 3 is 2.84 bits per heavy atom. The second-order valence-electron chi connectivity index (χ2n) is 8.08. The summed E-state index contributed by atoms with van der Waals surface area (Å²) in [6.07, 6.45) is 4.89. The molecule has 2 heterocycles. The number of aromatic nitrogens is 2. The van der Waals surface area contributed by atoms with Crippen molar-refractivity contribution < 1.29 is 17.9 Å². The number of rotatable bonds is 6. The Kier molecular flexibility index (Phi) is 5.38. The van der Waals surface area contributed by atoms with Gasteiger partial charge in [0.2, 0.25) is 15.9 Å². The van der Waals surface area contributed by atoms with E-state index in [1.807, 2.05) is 0 Å². The van der Waals surface area contributed by atoms with Crippen LogP contribution < -0.4 is 26.0 Å². The molecule has 0 unspecified atom stereocenters. The first-order chi connectivity index (χ1) is 14.7. The van der Waals surface area contributed by atoms with Crippen LogP contribution in [0.1, 0.15) is 53.9 Å². The molecule has 11 heteroatoms. The van der Waals surface area contributed by atoms with Gasteiger partial charge in [-0.05, 0) is 37.5 Å². The van der Waals surface area contributed by atoms with E-state index in [1.165, 1.54) is 6.07 Å². The zero-order valence-electron chi connectivity index (χ0n) is 17.0. The van der Waals surface area contributed by atoms with Crippen molar-refractivity contribution in [1.82, 2.24) is 15.3 Å². The maximum Gasteiger partial charge on any atom is 0.328 e. The highest BCUT2D eigenvalue weighted by Gasteiger charge is 2.51. The summed E-state index contributed by atoms with van der Waals surface area (Å²) in [5, 5.41) is 2.84. The minimum absolute atomic E-state index is 0.143. The van der Waals surface area contributed by atoms with Crippen LogP contribution in [0.25, 0.3) is 0 Å². The number of nitrogens with one attached hydrogen (secondary N) is 4. The second kappa shape index (κ2) is 7.88. The molecule has 2 atom stereocenters. The predicted octanol–water partition coefficient (Wildman–Crippen LogP) is 1.04. The number of hydrogen-bond donors (Lipinski definition) is 4. The number of sulfonamides is 1. The number of anilines is 1. The maximum atomic E-state index is 12.6. The van der Waals surface area contributed by atoms with Crippen LogP contribution in [-0.4, -0.2) is 42.7 Å². The van der Waals surface area contributed by atoms with Gasteiger partial charge in [-0.1, -0.05) is 12.5 Å². The fourth-order valence-electron chi connectivity index (χ4n) is 4.59. The van der Waals surface area contributed by atoms with Gasteiger partial charge in [-0.25, -0.2) is 13.2 Å². The van der Waals surface area contributed by atoms with E-state index in [0.29, 0.717) is 29.8 Å². The first-order valence-corrected chi connectivity index (χ1v) is 12.0. The standard InChI is InChI=1S/C20H24N4O6S/c1-31(28,29)24-13-6-4-5-12(11-13)16(25)21-10-9-20-8-3-2-7-14(20)15-17(26)22-19(27)23-18(15)30-20/h4-6,11,14,24H,2-3,7-10H2,1H3,(H,21,25)(H2,22,23,26,27)/t14-,20+/m1/s1. The average molecular weight is 449 g/mol. The van der Waals surface area contributed by atoms with Gasteiger partial charge in [0.25, 0.3) is 11.5 Å². The highest BCUT2D eigenvalue weighted by atomic mass is 32.2. The van der Waals surface area contributed by atoms with Gasteiger partial charge in [-0.2, -0.15) is 0 Å². The number of carbonyl (C=O) groups is 1. The van der Waals surface area contributed by atoms with Gasteiger partial charge in [0.05, 0.1) is 11.8 Å². The van der Waals surface area contributed by atoms with Crippen molar-refractivity contribution in [2.24, 2.45) is 0 Å². The van der Waals surface area contributed by atoms with Crippen LogP contribution in [0.3, 0.4) is 0 Å². The van der Waals surface area contributed by atoms with Crippen molar-refractivity contribution in [1.29, 1.82) is 0 Å². The summed E-state index contributed by atoms with van der Waals surface area (Å²) in [6.45, 7) is 0.301. The van der Waals surface area contributed by atoms with Gasteiger partial charge in [-0.15, -0.1) is 0 Å². The van der Waals surface area contributed by atoms with Crippen LogP contribution in [0, 0.1) is 0 Å². The van der Waals surface area contributed by atoms with Gasteiger partial charge in [0, 0.05) is 30.1 Å². The van der Waals surface area contributed by atoms with Gasteiger partial charge in [0.1, 0.15) is 5.60 Å². The molecule has 1 aromatic carbocycles. The lowest BCUT2D eigenvalue weighted by Crippen LogP contribution is -2.44. The molecule has 4 rings (SSSR count). The number of amides is 1. The molecule has 1 fully saturated rings. The van der Waals surface area contributed by atoms with E-state index in [1.54, 1.807) is 18.2 Å². The van der Waals surface area contributed by atoms with Crippen LogP contribution in [0.15, 0.2) is 33.9 Å². The molecule has 166 valence electrons. The molecule has 4 N–H and O–H groups in total. The van der Waals surface area contributed by atoms with E-state index < -0.39 is 26.9 Å². The van der Waals surface area contributed by atoms with E-state index in [4.69, 9.17) is 4.74 Å². The number of benzene rings is 1. The fraction of sp³-hybridized carbons (Fsp3) is 0.450. The Hall–Kier alpha value is -3.08. The van der Waals surface area contributed by atoms with Crippen molar-refractivity contribution in [2.75, 3.05) is 17.5 Å². The van der Waals surface area contributed by atoms with Crippen LogP contribution in [0.5, 0.6) is 5.88 Å². The van der Waals surface area contributed by atoms with Crippen molar-refractivity contribution in [2.45, 2.75) is 43.6 Å². The topological polar surface area (TPSA) is 150 Å². The third-order valence-corrected chi connectivity index (χ3v) is 6.44. The zero-order valence-corrected chi connectivity index (χ0v) is 17.8. The summed E-state index contributed by atoms with van der Waals surface area (Å²) in [5.74, 6) is -0.259. The monoisotopic (exact) mass is 448 g/mol. The Balaban J connectivity index is 1.46. The summed E-state index contributed by atoms with van der Waals surface area (Å²) >= 11 is 0. The van der Waals surface area contributed by atoms with Crippen LogP contribution >= 0.6 is 0 Å². The van der Waals surface area contributed by atoms with E-state index in [-0.39, 0.29) is 17.7 Å². The van der Waals surface area contributed by atoms with E-state index in [2.05, 4.69) is 20.0 Å². The predicted molar refractivity (Wildman–Crippen MR) is 114 cm³/mol. The molecule has 2 aromatic rings. The number of hydrogen-bond acceptors (Lipinski definition) is 6. The molecule has 31 heavy (non-hydrogen) atoms. The lowest BCUT2D eigenvalue weighted by molar-refractivity contribution is 0.0245. The maximum absolute atomic E-state index is 12.6. The molecule has 1 aromatic heterocycles. The number of aromatic amines is 2. The highest BCUT2D eigenvalue weighted by Crippen LogP contribution is 2.51. The average Bonchev–Trinajstić information content (AvgIpc) is 3.00. The summed E-state index contributed by atoms with van der Waals surface area (Å²) in [5.41, 5.74) is -0.572. The van der Waals surface area contributed by atoms with E-state index >= 15 is 0 Å². The van der Waals surface area contributed by atoms with Gasteiger partial charge in [0.15, 0.2) is 0 Å². The number of H-pyrrole nitrogens is 2. The first-order valence-electron chi connectivity index (χ1n) is 10.1. The minimum Gasteiger partial charge on any atom is -0.471 e. The number of carbonyl (C=O) groups excluding carboxylic acids is 1. The third kappa shape index (κ3) is 4.36. The van der Waals surface area contributed by atoms with Crippen molar-refractivity contribution in [3.8, 4) is 5.88 Å². The summed E-state index contributed by atoms with van der Waals surface area (Å²) in [4.78, 5) is 41.4. The van der Waals surface area contributed by atoms with Gasteiger partial charge < -0.3 is 10.1 Å². The summed E-state index contributed by atoms with van der Waals surface area (Å²) < 4.78 is 31.3. The molecular weight excluding hydrogens is 424 g/mol.